The summed E-state index contributed by atoms with van der Waals surface area (Å²) in [6, 6.07) is 0.715. The molecule has 1 unspecified atom stereocenters. The van der Waals surface area contributed by atoms with Crippen LogP contribution in [0.5, 0.6) is 0 Å². The Morgan fingerprint density at radius 3 is 2.47 bits per heavy atom. The summed E-state index contributed by atoms with van der Waals surface area (Å²) >= 11 is 0. The average Bonchev–Trinajstić information content (AvgIpc) is 2.59. The predicted molar refractivity (Wildman–Crippen MR) is 66.9 cm³/mol. The van der Waals surface area contributed by atoms with Crippen LogP contribution >= 0.6 is 0 Å². The van der Waals surface area contributed by atoms with Gasteiger partial charge in [-0.25, -0.2) is 0 Å². The van der Waals surface area contributed by atoms with E-state index in [4.69, 9.17) is 9.26 Å². The summed E-state index contributed by atoms with van der Waals surface area (Å²) < 4.78 is 10.8. The van der Waals surface area contributed by atoms with Gasteiger partial charge >= 0.3 is 6.01 Å². The second-order valence-electron chi connectivity index (χ2n) is 5.46. The van der Waals surface area contributed by atoms with Gasteiger partial charge in [-0.1, -0.05) is 25.9 Å². The minimum atomic E-state index is -0.154. The number of nitrogens with zero attached hydrogens (tertiary/aromatic N) is 2. The van der Waals surface area contributed by atoms with E-state index in [0.29, 0.717) is 18.4 Å². The zero-order valence-corrected chi connectivity index (χ0v) is 11.6. The van der Waals surface area contributed by atoms with Gasteiger partial charge in [0.05, 0.1) is 0 Å². The molecule has 0 aliphatic heterocycles. The summed E-state index contributed by atoms with van der Waals surface area (Å²) in [7, 11) is 0. The van der Waals surface area contributed by atoms with E-state index in [0.717, 1.165) is 0 Å². The van der Waals surface area contributed by atoms with E-state index in [1.165, 1.54) is 0 Å². The molecule has 0 aliphatic rings. The molecule has 1 aromatic rings. The summed E-state index contributed by atoms with van der Waals surface area (Å²) in [6.07, 6.45) is -0.154. The van der Waals surface area contributed by atoms with Crippen LogP contribution in [0.2, 0.25) is 0 Å². The van der Waals surface area contributed by atoms with Gasteiger partial charge in [-0.05, 0) is 26.2 Å². The smallest absolute Gasteiger partial charge is 0.321 e. The molecule has 0 aliphatic carbocycles. The fraction of sp³-hybridized carbons (Fsp3) is 0.833. The molecule has 1 heterocycles. The van der Waals surface area contributed by atoms with Crippen molar-refractivity contribution >= 4 is 6.01 Å². The Balaban J connectivity index is 2.84. The fourth-order valence-electron chi connectivity index (χ4n) is 1.53. The number of hydrogen-bond acceptors (Lipinski definition) is 5. The van der Waals surface area contributed by atoms with Crippen molar-refractivity contribution in [3.05, 3.63) is 5.82 Å². The first kappa shape index (κ1) is 14.0. The van der Waals surface area contributed by atoms with Crippen molar-refractivity contribution in [3.8, 4) is 0 Å². The molecule has 98 valence electrons. The summed E-state index contributed by atoms with van der Waals surface area (Å²) in [5.41, 5.74) is -0.0605. The molecule has 0 fully saturated rings. The Morgan fingerprint density at radius 1 is 1.35 bits per heavy atom. The molecule has 0 amide bonds. The third-order valence-corrected chi connectivity index (χ3v) is 2.21. The molecule has 1 atom stereocenters. The highest BCUT2D eigenvalue weighted by Gasteiger charge is 2.31. The highest BCUT2D eigenvalue weighted by Crippen LogP contribution is 2.34. The van der Waals surface area contributed by atoms with Gasteiger partial charge in [-0.3, -0.25) is 0 Å². The van der Waals surface area contributed by atoms with Crippen molar-refractivity contribution < 1.29 is 9.26 Å². The van der Waals surface area contributed by atoms with Crippen LogP contribution in [-0.4, -0.2) is 22.8 Å². The van der Waals surface area contributed by atoms with Gasteiger partial charge in [0.15, 0.2) is 0 Å². The lowest BCUT2D eigenvalue weighted by Crippen LogP contribution is -2.22. The minimum Gasteiger partial charge on any atom is -0.370 e. The minimum absolute atomic E-state index is 0.0605. The van der Waals surface area contributed by atoms with Crippen molar-refractivity contribution in [3.63, 3.8) is 0 Å². The number of aromatic nitrogens is 2. The maximum atomic E-state index is 5.70. The quantitative estimate of drug-likeness (QED) is 0.858. The molecule has 0 bridgehead atoms. The van der Waals surface area contributed by atoms with Crippen LogP contribution in [0.3, 0.4) is 0 Å². The number of rotatable bonds is 5. The van der Waals surface area contributed by atoms with Crippen molar-refractivity contribution in [2.75, 3.05) is 11.9 Å². The van der Waals surface area contributed by atoms with E-state index in [1.54, 1.807) is 0 Å². The molecule has 0 radical (unpaired) electrons. The lowest BCUT2D eigenvalue weighted by molar-refractivity contribution is -0.0203. The van der Waals surface area contributed by atoms with Crippen molar-refractivity contribution in [2.45, 2.75) is 53.7 Å². The molecule has 0 aromatic carbocycles. The normalized spacial score (nSPS) is 14.1. The standard InChI is InChI=1S/C12H23N3O2/c1-7-16-9(12(4,5)6)10-14-11(17-15-10)13-8(2)3/h8-9H,7H2,1-6H3,(H,13,14,15). The summed E-state index contributed by atoms with van der Waals surface area (Å²) in [4.78, 5) is 4.32. The van der Waals surface area contributed by atoms with E-state index >= 15 is 0 Å². The third-order valence-electron chi connectivity index (χ3n) is 2.21. The molecule has 1 aromatic heterocycles. The van der Waals surface area contributed by atoms with Gasteiger partial charge in [0.25, 0.3) is 0 Å². The summed E-state index contributed by atoms with van der Waals surface area (Å²) in [6.45, 7) is 12.9. The van der Waals surface area contributed by atoms with Crippen LogP contribution in [0, 0.1) is 5.41 Å². The molecule has 1 rings (SSSR count). The predicted octanol–water partition coefficient (Wildman–Crippen LogP) is 3.01. The van der Waals surface area contributed by atoms with Crippen molar-refractivity contribution in [1.82, 2.24) is 10.1 Å². The first-order chi connectivity index (χ1) is 7.84. The highest BCUT2D eigenvalue weighted by atomic mass is 16.5. The van der Waals surface area contributed by atoms with E-state index < -0.39 is 0 Å². The van der Waals surface area contributed by atoms with Crippen LogP contribution in [-0.2, 0) is 4.74 Å². The molecular weight excluding hydrogens is 218 g/mol. The van der Waals surface area contributed by atoms with Gasteiger partial charge in [-0.15, -0.1) is 0 Å². The molecule has 0 saturated heterocycles. The second kappa shape index (κ2) is 5.49. The number of hydrogen-bond donors (Lipinski definition) is 1. The lowest BCUT2D eigenvalue weighted by Gasteiger charge is -2.27. The van der Waals surface area contributed by atoms with E-state index in [9.17, 15) is 0 Å². The van der Waals surface area contributed by atoms with Crippen LogP contribution in [0.25, 0.3) is 0 Å². The molecule has 5 heteroatoms. The van der Waals surface area contributed by atoms with Crippen molar-refractivity contribution in [1.29, 1.82) is 0 Å². The van der Waals surface area contributed by atoms with Gasteiger partial charge in [0, 0.05) is 12.6 Å². The number of ether oxygens (including phenoxy) is 1. The Kier molecular flexibility index (Phi) is 4.51. The third kappa shape index (κ3) is 4.00. The van der Waals surface area contributed by atoms with E-state index in [1.807, 2.05) is 20.8 Å². The monoisotopic (exact) mass is 241 g/mol. The maximum Gasteiger partial charge on any atom is 0.321 e. The first-order valence-electron chi connectivity index (χ1n) is 6.06. The van der Waals surface area contributed by atoms with Crippen LogP contribution in [0.1, 0.15) is 53.5 Å². The zero-order valence-electron chi connectivity index (χ0n) is 11.6. The molecule has 17 heavy (non-hydrogen) atoms. The Hall–Kier alpha value is -1.10. The van der Waals surface area contributed by atoms with E-state index in [2.05, 4.69) is 36.2 Å². The molecule has 1 N–H and O–H groups in total. The highest BCUT2D eigenvalue weighted by molar-refractivity contribution is 5.20. The van der Waals surface area contributed by atoms with Crippen LogP contribution in [0.4, 0.5) is 6.01 Å². The summed E-state index contributed by atoms with van der Waals surface area (Å²) in [5, 5.41) is 7.06. The van der Waals surface area contributed by atoms with Gasteiger partial charge < -0.3 is 14.6 Å². The van der Waals surface area contributed by atoms with Crippen LogP contribution in [0.15, 0.2) is 4.52 Å². The van der Waals surface area contributed by atoms with Gasteiger partial charge in [-0.2, -0.15) is 4.98 Å². The topological polar surface area (TPSA) is 60.2 Å². The zero-order chi connectivity index (χ0) is 13.1. The number of anilines is 1. The van der Waals surface area contributed by atoms with Gasteiger partial charge in [0.2, 0.25) is 5.82 Å². The molecule has 0 saturated carbocycles. The van der Waals surface area contributed by atoms with Crippen LogP contribution < -0.4 is 5.32 Å². The molecule has 5 nitrogen and oxygen atoms in total. The molecular formula is C12H23N3O2. The number of nitrogens with one attached hydrogen (secondary N) is 1. The maximum absolute atomic E-state index is 5.70. The summed E-state index contributed by atoms with van der Waals surface area (Å²) in [5.74, 6) is 0.600. The fourth-order valence-corrected chi connectivity index (χ4v) is 1.53. The van der Waals surface area contributed by atoms with Crippen molar-refractivity contribution in [2.24, 2.45) is 5.41 Å². The Morgan fingerprint density at radius 2 is 2.00 bits per heavy atom. The average molecular weight is 241 g/mol. The Labute approximate surface area is 103 Å². The first-order valence-corrected chi connectivity index (χ1v) is 6.06. The second-order valence-corrected chi connectivity index (χ2v) is 5.46. The SMILES string of the molecule is CCOC(c1noc(NC(C)C)n1)C(C)(C)C. The Bertz CT molecular complexity index is 342. The van der Waals surface area contributed by atoms with Gasteiger partial charge in [0.1, 0.15) is 6.10 Å². The molecule has 0 spiro atoms. The largest absolute Gasteiger partial charge is 0.370 e. The van der Waals surface area contributed by atoms with E-state index in [-0.39, 0.29) is 17.6 Å². The lowest BCUT2D eigenvalue weighted by atomic mass is 9.88.